The number of carbonyl (C=O) groups excluding carboxylic acids is 1. The molecule has 1 aliphatic heterocycles. The summed E-state index contributed by atoms with van der Waals surface area (Å²) in [5.41, 5.74) is 2.46. The molecule has 3 rings (SSSR count). The fraction of sp³-hybridized carbons (Fsp3) is 0.333. The van der Waals surface area contributed by atoms with Crippen LogP contribution in [0.15, 0.2) is 34.7 Å². The van der Waals surface area contributed by atoms with Gasteiger partial charge in [0.15, 0.2) is 5.76 Å². The molecule has 0 saturated heterocycles. The number of aromatic carboxylic acids is 1. The van der Waals surface area contributed by atoms with Gasteiger partial charge in [-0.25, -0.2) is 4.79 Å². The Balaban J connectivity index is 1.91. The second-order valence-corrected chi connectivity index (χ2v) is 5.73. The number of aryl methyl sites for hydroxylation is 1. The number of furan rings is 1. The minimum absolute atomic E-state index is 0.0593. The molecule has 2 aromatic rings. The van der Waals surface area contributed by atoms with Gasteiger partial charge in [-0.05, 0) is 24.5 Å². The van der Waals surface area contributed by atoms with Gasteiger partial charge in [-0.1, -0.05) is 31.2 Å². The number of rotatable bonds is 3. The molecular formula is C18H19NO4. The first-order valence-corrected chi connectivity index (χ1v) is 7.77. The lowest BCUT2D eigenvalue weighted by Gasteiger charge is -2.34. The maximum atomic E-state index is 12.8. The van der Waals surface area contributed by atoms with E-state index in [4.69, 9.17) is 4.42 Å². The third-order valence-corrected chi connectivity index (χ3v) is 4.43. The summed E-state index contributed by atoms with van der Waals surface area (Å²) in [7, 11) is 0. The van der Waals surface area contributed by atoms with Crippen LogP contribution in [0, 0.1) is 0 Å². The zero-order valence-corrected chi connectivity index (χ0v) is 13.2. The van der Waals surface area contributed by atoms with Crippen LogP contribution in [0.4, 0.5) is 0 Å². The van der Waals surface area contributed by atoms with Crippen molar-refractivity contribution in [2.45, 2.75) is 32.7 Å². The molecule has 5 nitrogen and oxygen atoms in total. The van der Waals surface area contributed by atoms with E-state index in [-0.39, 0.29) is 23.3 Å². The van der Waals surface area contributed by atoms with Crippen LogP contribution in [0.25, 0.3) is 0 Å². The topological polar surface area (TPSA) is 70.8 Å². The summed E-state index contributed by atoms with van der Waals surface area (Å²) in [6.45, 7) is 4.39. The van der Waals surface area contributed by atoms with Gasteiger partial charge < -0.3 is 14.4 Å². The molecule has 1 amide bonds. The molecule has 1 aromatic carbocycles. The smallest absolute Gasteiger partial charge is 0.339 e. The minimum atomic E-state index is -1.07. The van der Waals surface area contributed by atoms with Gasteiger partial charge in [0.1, 0.15) is 11.3 Å². The first kappa shape index (κ1) is 15.3. The average Bonchev–Trinajstić information content (AvgIpc) is 2.99. The Morgan fingerprint density at radius 1 is 1.35 bits per heavy atom. The second kappa shape index (κ2) is 5.91. The maximum absolute atomic E-state index is 12.8. The Kier molecular flexibility index (Phi) is 3.94. The molecule has 5 heteroatoms. The highest BCUT2D eigenvalue weighted by atomic mass is 16.4. The molecular weight excluding hydrogens is 294 g/mol. The summed E-state index contributed by atoms with van der Waals surface area (Å²) in [5, 5.41) is 9.20. The number of carbonyl (C=O) groups is 2. The van der Waals surface area contributed by atoms with Gasteiger partial charge in [0, 0.05) is 19.0 Å². The summed E-state index contributed by atoms with van der Waals surface area (Å²) >= 11 is 0. The van der Waals surface area contributed by atoms with Crippen molar-refractivity contribution in [1.82, 2.24) is 4.90 Å². The number of amides is 1. The molecule has 1 unspecified atom stereocenters. The summed E-state index contributed by atoms with van der Waals surface area (Å²) in [4.78, 5) is 25.7. The Morgan fingerprint density at radius 3 is 2.74 bits per heavy atom. The normalized spacial score (nSPS) is 17.0. The third kappa shape index (κ3) is 2.63. The number of hydrogen-bond donors (Lipinski definition) is 1. The number of hydrogen-bond acceptors (Lipinski definition) is 3. The van der Waals surface area contributed by atoms with Crippen LogP contribution in [0.1, 0.15) is 57.7 Å². The first-order valence-electron chi connectivity index (χ1n) is 7.77. The van der Waals surface area contributed by atoms with Gasteiger partial charge in [-0.3, -0.25) is 4.79 Å². The van der Waals surface area contributed by atoms with E-state index >= 15 is 0 Å². The number of fused-ring (bicyclic) bond motifs is 1. The lowest BCUT2D eigenvalue weighted by Crippen LogP contribution is -2.38. The van der Waals surface area contributed by atoms with E-state index < -0.39 is 5.97 Å². The molecule has 0 spiro atoms. The Hall–Kier alpha value is -2.56. The predicted molar refractivity (Wildman–Crippen MR) is 84.6 cm³/mol. The molecule has 23 heavy (non-hydrogen) atoms. The van der Waals surface area contributed by atoms with Crippen molar-refractivity contribution in [2.75, 3.05) is 6.54 Å². The van der Waals surface area contributed by atoms with Crippen molar-refractivity contribution >= 4 is 11.9 Å². The van der Waals surface area contributed by atoms with Crippen molar-refractivity contribution in [3.05, 3.63) is 58.5 Å². The lowest BCUT2D eigenvalue weighted by molar-refractivity contribution is 0.0641. The van der Waals surface area contributed by atoms with Crippen LogP contribution in [-0.2, 0) is 12.8 Å². The summed E-state index contributed by atoms with van der Waals surface area (Å²) in [5.74, 6) is -0.882. The molecule has 1 atom stereocenters. The Morgan fingerprint density at radius 2 is 2.09 bits per heavy atom. The number of carboxylic acids is 1. The SMILES string of the molecule is CCc1oc(C(=O)N2CCc3ccccc3C2C)cc1C(=O)O. The van der Waals surface area contributed by atoms with Gasteiger partial charge >= 0.3 is 5.97 Å². The monoisotopic (exact) mass is 313 g/mol. The van der Waals surface area contributed by atoms with Crippen molar-refractivity contribution in [3.8, 4) is 0 Å². The maximum Gasteiger partial charge on any atom is 0.339 e. The standard InChI is InChI=1S/C18H19NO4/c1-3-15-14(18(21)22)10-16(23-15)17(20)19-9-8-12-6-4-5-7-13(12)11(19)2/h4-7,10-11H,3,8-9H2,1-2H3,(H,21,22). The minimum Gasteiger partial charge on any atom is -0.478 e. The molecule has 1 aliphatic rings. The van der Waals surface area contributed by atoms with Gasteiger partial charge in [-0.15, -0.1) is 0 Å². The summed E-state index contributed by atoms with van der Waals surface area (Å²) in [6, 6.07) is 9.36. The highest BCUT2D eigenvalue weighted by Gasteiger charge is 2.31. The zero-order valence-electron chi connectivity index (χ0n) is 13.2. The molecule has 2 heterocycles. The van der Waals surface area contributed by atoms with Crippen molar-refractivity contribution < 1.29 is 19.1 Å². The van der Waals surface area contributed by atoms with Crippen molar-refractivity contribution in [3.63, 3.8) is 0 Å². The van der Waals surface area contributed by atoms with E-state index in [1.54, 1.807) is 11.8 Å². The zero-order chi connectivity index (χ0) is 16.6. The molecule has 0 fully saturated rings. The first-order chi connectivity index (χ1) is 11.0. The van der Waals surface area contributed by atoms with E-state index in [0.717, 1.165) is 12.0 Å². The lowest BCUT2D eigenvalue weighted by atomic mass is 9.93. The fourth-order valence-electron chi connectivity index (χ4n) is 3.17. The van der Waals surface area contributed by atoms with E-state index in [9.17, 15) is 14.7 Å². The average molecular weight is 313 g/mol. The molecule has 120 valence electrons. The van der Waals surface area contributed by atoms with Crippen LogP contribution >= 0.6 is 0 Å². The van der Waals surface area contributed by atoms with E-state index in [1.165, 1.54) is 11.6 Å². The third-order valence-electron chi connectivity index (χ3n) is 4.43. The summed E-state index contributed by atoms with van der Waals surface area (Å²) < 4.78 is 5.50. The highest BCUT2D eigenvalue weighted by Crippen LogP contribution is 2.31. The molecule has 1 aromatic heterocycles. The molecule has 0 saturated carbocycles. The van der Waals surface area contributed by atoms with Crippen molar-refractivity contribution in [2.24, 2.45) is 0 Å². The molecule has 0 bridgehead atoms. The fourth-order valence-corrected chi connectivity index (χ4v) is 3.17. The van der Waals surface area contributed by atoms with Gasteiger partial charge in [-0.2, -0.15) is 0 Å². The van der Waals surface area contributed by atoms with Crippen LogP contribution in [0.5, 0.6) is 0 Å². The summed E-state index contributed by atoms with van der Waals surface area (Å²) in [6.07, 6.45) is 1.23. The molecule has 0 radical (unpaired) electrons. The Labute approximate surface area is 134 Å². The number of carboxylic acid groups (broad SMARTS) is 1. The van der Waals surface area contributed by atoms with Crippen LogP contribution in [0.3, 0.4) is 0 Å². The van der Waals surface area contributed by atoms with Crippen molar-refractivity contribution in [1.29, 1.82) is 0 Å². The van der Waals surface area contributed by atoms with Crippen LogP contribution in [-0.4, -0.2) is 28.4 Å². The van der Waals surface area contributed by atoms with Gasteiger partial charge in [0.2, 0.25) is 0 Å². The van der Waals surface area contributed by atoms with E-state index in [1.807, 2.05) is 25.1 Å². The Bertz CT molecular complexity index is 762. The largest absolute Gasteiger partial charge is 0.478 e. The molecule has 0 aliphatic carbocycles. The number of benzene rings is 1. The van der Waals surface area contributed by atoms with Crippen LogP contribution in [0.2, 0.25) is 0 Å². The van der Waals surface area contributed by atoms with Crippen LogP contribution < -0.4 is 0 Å². The number of nitrogens with zero attached hydrogens (tertiary/aromatic N) is 1. The predicted octanol–water partition coefficient (Wildman–Crippen LogP) is 3.30. The highest BCUT2D eigenvalue weighted by molar-refractivity contribution is 5.96. The van der Waals surface area contributed by atoms with Gasteiger partial charge in [0.25, 0.3) is 5.91 Å². The van der Waals surface area contributed by atoms with E-state index in [2.05, 4.69) is 6.07 Å². The van der Waals surface area contributed by atoms with Gasteiger partial charge in [0.05, 0.1) is 6.04 Å². The second-order valence-electron chi connectivity index (χ2n) is 5.73. The van der Waals surface area contributed by atoms with E-state index in [0.29, 0.717) is 18.7 Å². The molecule has 1 N–H and O–H groups in total. The quantitative estimate of drug-likeness (QED) is 0.944.